The molecule has 0 spiro atoms. The molecule has 0 aliphatic carbocycles. The molecule has 0 saturated heterocycles. The number of carbonyl (C=O) groups is 1. The van der Waals surface area contributed by atoms with Gasteiger partial charge in [-0.25, -0.2) is 0 Å². The molecule has 0 heterocycles. The summed E-state index contributed by atoms with van der Waals surface area (Å²) in [7, 11) is 0. The normalized spacial score (nSPS) is 10.8. The van der Waals surface area contributed by atoms with Crippen molar-refractivity contribution in [3.8, 4) is 5.75 Å². The van der Waals surface area contributed by atoms with E-state index in [1.165, 1.54) is 0 Å². The lowest BCUT2D eigenvalue weighted by Gasteiger charge is -2.08. The molecule has 4 heteroatoms. The predicted molar refractivity (Wildman–Crippen MR) is 107 cm³/mol. The van der Waals surface area contributed by atoms with Crippen molar-refractivity contribution in [1.82, 2.24) is 0 Å². The molecule has 0 fully saturated rings. The fourth-order valence-corrected chi connectivity index (χ4v) is 2.84. The number of halogens is 2. The van der Waals surface area contributed by atoms with Gasteiger partial charge < -0.3 is 4.74 Å². The van der Waals surface area contributed by atoms with E-state index in [1.54, 1.807) is 36.4 Å². The molecule has 0 saturated carbocycles. The summed E-state index contributed by atoms with van der Waals surface area (Å²) in [5, 5.41) is 1.16. The van der Waals surface area contributed by atoms with Crippen LogP contribution in [0.15, 0.2) is 78.9 Å². The summed E-state index contributed by atoms with van der Waals surface area (Å²) in [6.07, 6.45) is 3.34. The van der Waals surface area contributed by atoms with Crippen LogP contribution in [0.1, 0.15) is 21.5 Å². The summed E-state index contributed by atoms with van der Waals surface area (Å²) in [5.74, 6) is 0.662. The molecule has 0 unspecified atom stereocenters. The molecule has 3 aromatic carbocycles. The second-order valence-electron chi connectivity index (χ2n) is 5.66. The van der Waals surface area contributed by atoms with E-state index in [-0.39, 0.29) is 5.78 Å². The van der Waals surface area contributed by atoms with Gasteiger partial charge in [-0.3, -0.25) is 4.79 Å². The Hall–Kier alpha value is -2.55. The van der Waals surface area contributed by atoms with Gasteiger partial charge in [0.1, 0.15) is 12.4 Å². The summed E-state index contributed by atoms with van der Waals surface area (Å²) < 4.78 is 5.80. The number of ether oxygens (including phenoxy) is 1. The summed E-state index contributed by atoms with van der Waals surface area (Å²) >= 11 is 12.1. The monoisotopic (exact) mass is 382 g/mol. The third-order valence-electron chi connectivity index (χ3n) is 3.75. The topological polar surface area (TPSA) is 26.3 Å². The van der Waals surface area contributed by atoms with Crippen LogP contribution in [0.4, 0.5) is 0 Å². The molecule has 130 valence electrons. The van der Waals surface area contributed by atoms with E-state index in [0.717, 1.165) is 11.1 Å². The molecule has 3 rings (SSSR count). The second kappa shape index (κ2) is 8.70. The molecular weight excluding hydrogens is 367 g/mol. The fourth-order valence-electron chi connectivity index (χ4n) is 2.38. The van der Waals surface area contributed by atoms with Gasteiger partial charge in [0.2, 0.25) is 0 Å². The molecule has 0 aliphatic rings. The summed E-state index contributed by atoms with van der Waals surface area (Å²) in [5.41, 5.74) is 2.40. The molecule has 0 amide bonds. The SMILES string of the molecule is O=C(/C=C/c1cccc(OCc2ccc(Cl)cc2Cl)c1)c1ccccc1. The minimum Gasteiger partial charge on any atom is -0.489 e. The van der Waals surface area contributed by atoms with Gasteiger partial charge >= 0.3 is 0 Å². The van der Waals surface area contributed by atoms with Gasteiger partial charge in [0.15, 0.2) is 5.78 Å². The zero-order valence-electron chi connectivity index (χ0n) is 13.9. The van der Waals surface area contributed by atoms with E-state index in [4.69, 9.17) is 27.9 Å². The Labute approximate surface area is 162 Å². The van der Waals surface area contributed by atoms with Gasteiger partial charge in [-0.05, 0) is 35.9 Å². The van der Waals surface area contributed by atoms with Crippen LogP contribution in [0.5, 0.6) is 5.75 Å². The van der Waals surface area contributed by atoms with E-state index >= 15 is 0 Å². The summed E-state index contributed by atoms with van der Waals surface area (Å²) in [4.78, 5) is 12.1. The highest BCUT2D eigenvalue weighted by Gasteiger charge is 2.03. The van der Waals surface area contributed by atoms with Gasteiger partial charge in [-0.1, -0.05) is 77.8 Å². The molecule has 0 aromatic heterocycles. The fraction of sp³-hybridized carbons (Fsp3) is 0.0455. The molecule has 26 heavy (non-hydrogen) atoms. The molecule has 0 radical (unpaired) electrons. The van der Waals surface area contributed by atoms with E-state index in [9.17, 15) is 4.79 Å². The van der Waals surface area contributed by atoms with Crippen molar-refractivity contribution >= 4 is 35.1 Å². The number of hydrogen-bond acceptors (Lipinski definition) is 2. The lowest BCUT2D eigenvalue weighted by atomic mass is 10.1. The first kappa shape index (κ1) is 18.2. The van der Waals surface area contributed by atoms with Crippen molar-refractivity contribution < 1.29 is 9.53 Å². The van der Waals surface area contributed by atoms with Crippen molar-refractivity contribution in [2.24, 2.45) is 0 Å². The van der Waals surface area contributed by atoms with Crippen LogP contribution in [-0.2, 0) is 6.61 Å². The van der Waals surface area contributed by atoms with Crippen molar-refractivity contribution in [2.45, 2.75) is 6.61 Å². The Bertz CT molecular complexity index is 934. The van der Waals surface area contributed by atoms with Gasteiger partial charge in [0, 0.05) is 21.2 Å². The Morgan fingerprint density at radius 3 is 2.50 bits per heavy atom. The first-order chi connectivity index (χ1) is 12.6. The minimum absolute atomic E-state index is 0.0372. The molecular formula is C22H16Cl2O2. The average Bonchev–Trinajstić information content (AvgIpc) is 2.66. The number of allylic oxidation sites excluding steroid dienone is 1. The van der Waals surface area contributed by atoms with Gasteiger partial charge in [0.25, 0.3) is 0 Å². The zero-order chi connectivity index (χ0) is 18.4. The third kappa shape index (κ3) is 4.98. The standard InChI is InChI=1S/C22H16Cl2O2/c23-19-11-10-18(21(24)14-19)15-26-20-8-4-5-16(13-20)9-12-22(25)17-6-2-1-3-7-17/h1-14H,15H2/b12-9+. The molecule has 0 atom stereocenters. The van der Waals surface area contributed by atoms with E-state index in [2.05, 4.69) is 0 Å². The second-order valence-corrected chi connectivity index (χ2v) is 6.50. The van der Waals surface area contributed by atoms with Crippen LogP contribution >= 0.6 is 23.2 Å². The van der Waals surface area contributed by atoms with Gasteiger partial charge in [-0.15, -0.1) is 0 Å². The van der Waals surface area contributed by atoms with E-state index in [0.29, 0.717) is 28.0 Å². The van der Waals surface area contributed by atoms with Gasteiger partial charge in [-0.2, -0.15) is 0 Å². The quantitative estimate of drug-likeness (QED) is 0.360. The first-order valence-corrected chi connectivity index (χ1v) is 8.82. The summed E-state index contributed by atoms with van der Waals surface area (Å²) in [6, 6.07) is 22.0. The van der Waals surface area contributed by atoms with Crippen LogP contribution in [-0.4, -0.2) is 5.78 Å². The van der Waals surface area contributed by atoms with E-state index in [1.807, 2.05) is 48.5 Å². The van der Waals surface area contributed by atoms with Crippen molar-refractivity contribution in [2.75, 3.05) is 0 Å². The highest BCUT2D eigenvalue weighted by atomic mass is 35.5. The maximum Gasteiger partial charge on any atom is 0.185 e. The summed E-state index contributed by atoms with van der Waals surface area (Å²) in [6.45, 7) is 0.339. The van der Waals surface area contributed by atoms with Crippen LogP contribution in [0.2, 0.25) is 10.0 Å². The average molecular weight is 383 g/mol. The smallest absolute Gasteiger partial charge is 0.185 e. The third-order valence-corrected chi connectivity index (χ3v) is 4.34. The van der Waals surface area contributed by atoms with Crippen LogP contribution in [0.3, 0.4) is 0 Å². The molecule has 0 bridgehead atoms. The zero-order valence-corrected chi connectivity index (χ0v) is 15.4. The first-order valence-electron chi connectivity index (χ1n) is 8.06. The van der Waals surface area contributed by atoms with Gasteiger partial charge in [0.05, 0.1) is 0 Å². The maximum absolute atomic E-state index is 12.1. The maximum atomic E-state index is 12.1. The number of benzene rings is 3. The van der Waals surface area contributed by atoms with Crippen LogP contribution in [0, 0.1) is 0 Å². The number of hydrogen-bond donors (Lipinski definition) is 0. The Balaban J connectivity index is 1.66. The van der Waals surface area contributed by atoms with Crippen molar-refractivity contribution in [3.05, 3.63) is 106 Å². The van der Waals surface area contributed by atoms with Crippen molar-refractivity contribution in [3.63, 3.8) is 0 Å². The predicted octanol–water partition coefficient (Wildman–Crippen LogP) is 6.47. The number of ketones is 1. The Morgan fingerprint density at radius 2 is 1.73 bits per heavy atom. The highest BCUT2D eigenvalue weighted by Crippen LogP contribution is 2.23. The van der Waals surface area contributed by atoms with Crippen LogP contribution in [0.25, 0.3) is 6.08 Å². The lowest BCUT2D eigenvalue weighted by molar-refractivity contribution is 0.104. The molecule has 3 aromatic rings. The molecule has 0 N–H and O–H groups in total. The Kier molecular flexibility index (Phi) is 6.11. The molecule has 2 nitrogen and oxygen atoms in total. The largest absolute Gasteiger partial charge is 0.489 e. The van der Waals surface area contributed by atoms with E-state index < -0.39 is 0 Å². The minimum atomic E-state index is -0.0372. The van der Waals surface area contributed by atoms with Crippen LogP contribution < -0.4 is 4.74 Å². The highest BCUT2D eigenvalue weighted by molar-refractivity contribution is 6.35. The lowest BCUT2D eigenvalue weighted by Crippen LogP contribution is -1.96. The number of carbonyl (C=O) groups excluding carboxylic acids is 1. The van der Waals surface area contributed by atoms with Crippen molar-refractivity contribution in [1.29, 1.82) is 0 Å². The number of rotatable bonds is 6. The Morgan fingerprint density at radius 1 is 0.923 bits per heavy atom. The molecule has 0 aliphatic heterocycles.